The average Bonchev–Trinajstić information content (AvgIpc) is 2.40. The third-order valence-electron chi connectivity index (χ3n) is 2.92. The van der Waals surface area contributed by atoms with Crippen molar-refractivity contribution >= 4 is 5.84 Å². The summed E-state index contributed by atoms with van der Waals surface area (Å²) in [6.45, 7) is 6.14. The zero-order chi connectivity index (χ0) is 12.1. The van der Waals surface area contributed by atoms with Crippen LogP contribution in [0.2, 0.25) is 0 Å². The fourth-order valence-corrected chi connectivity index (χ4v) is 1.76. The van der Waals surface area contributed by atoms with Crippen LogP contribution in [0.15, 0.2) is 29.3 Å². The molecular weight excluding hydrogens is 212 g/mol. The lowest BCUT2D eigenvalue weighted by Crippen LogP contribution is -2.30. The largest absolute Gasteiger partial charge is 0.491 e. The number of aliphatic imine (C=N–C) groups is 1. The van der Waals surface area contributed by atoms with E-state index in [0.29, 0.717) is 0 Å². The van der Waals surface area contributed by atoms with Crippen LogP contribution in [0.25, 0.3) is 0 Å². The second kappa shape index (κ2) is 5.71. The van der Waals surface area contributed by atoms with Crippen LogP contribution in [-0.2, 0) is 0 Å². The summed E-state index contributed by atoms with van der Waals surface area (Å²) >= 11 is 0. The van der Waals surface area contributed by atoms with E-state index >= 15 is 0 Å². The molecule has 3 heteroatoms. The Morgan fingerprint density at radius 3 is 3.06 bits per heavy atom. The van der Waals surface area contributed by atoms with E-state index in [4.69, 9.17) is 4.74 Å². The molecule has 0 aliphatic carbocycles. The van der Waals surface area contributed by atoms with Crippen molar-refractivity contribution in [1.82, 2.24) is 5.32 Å². The van der Waals surface area contributed by atoms with Gasteiger partial charge in [-0.3, -0.25) is 4.99 Å². The number of ether oxygens (including phenoxy) is 1. The van der Waals surface area contributed by atoms with Gasteiger partial charge in [-0.2, -0.15) is 0 Å². The van der Waals surface area contributed by atoms with E-state index in [0.717, 1.165) is 43.1 Å². The molecule has 0 aromatic heterocycles. The first-order chi connectivity index (χ1) is 8.29. The van der Waals surface area contributed by atoms with Crippen LogP contribution in [0.5, 0.6) is 5.75 Å². The molecule has 1 N–H and O–H groups in total. The Balaban J connectivity index is 2.13. The zero-order valence-corrected chi connectivity index (χ0v) is 10.6. The Kier molecular flexibility index (Phi) is 4.02. The van der Waals surface area contributed by atoms with Gasteiger partial charge in [0, 0.05) is 18.7 Å². The van der Waals surface area contributed by atoms with Gasteiger partial charge in [0.25, 0.3) is 0 Å². The lowest BCUT2D eigenvalue weighted by molar-refractivity contribution is 0.217. The molecule has 0 radical (unpaired) electrons. The molecule has 0 saturated carbocycles. The molecule has 2 rings (SSSR count). The quantitative estimate of drug-likeness (QED) is 0.865. The second-order valence-corrected chi connectivity index (χ2v) is 4.38. The first-order valence-electron chi connectivity index (χ1n) is 6.35. The maximum atomic E-state index is 5.81. The summed E-state index contributed by atoms with van der Waals surface area (Å²) < 4.78 is 5.81. The minimum atomic E-state index is 0.256. The Labute approximate surface area is 103 Å². The van der Waals surface area contributed by atoms with Crippen LogP contribution in [-0.4, -0.2) is 25.0 Å². The highest BCUT2D eigenvalue weighted by atomic mass is 16.5. The van der Waals surface area contributed by atoms with Gasteiger partial charge in [0.15, 0.2) is 0 Å². The van der Waals surface area contributed by atoms with Gasteiger partial charge >= 0.3 is 0 Å². The zero-order valence-electron chi connectivity index (χ0n) is 10.6. The third kappa shape index (κ3) is 3.22. The van der Waals surface area contributed by atoms with Gasteiger partial charge in [-0.05, 0) is 31.9 Å². The normalized spacial score (nSPS) is 16.9. The van der Waals surface area contributed by atoms with Crippen molar-refractivity contribution in [2.45, 2.75) is 32.8 Å². The van der Waals surface area contributed by atoms with Crippen molar-refractivity contribution in [1.29, 1.82) is 0 Å². The van der Waals surface area contributed by atoms with Crippen molar-refractivity contribution in [2.24, 2.45) is 4.99 Å². The van der Waals surface area contributed by atoms with E-state index < -0.39 is 0 Å². The van der Waals surface area contributed by atoms with Gasteiger partial charge < -0.3 is 10.1 Å². The lowest BCUT2D eigenvalue weighted by Gasteiger charge is -2.17. The van der Waals surface area contributed by atoms with E-state index in [1.165, 1.54) is 0 Å². The van der Waals surface area contributed by atoms with Gasteiger partial charge in [0.2, 0.25) is 0 Å². The molecule has 1 atom stereocenters. The molecule has 1 aromatic rings. The molecule has 0 saturated heterocycles. The van der Waals surface area contributed by atoms with Crippen LogP contribution in [0, 0.1) is 0 Å². The lowest BCUT2D eigenvalue weighted by atomic mass is 10.1. The molecular formula is C14H20N2O. The molecule has 17 heavy (non-hydrogen) atoms. The summed E-state index contributed by atoms with van der Waals surface area (Å²) in [7, 11) is 0. The molecule has 3 nitrogen and oxygen atoms in total. The molecule has 92 valence electrons. The Morgan fingerprint density at radius 1 is 1.47 bits per heavy atom. The molecule has 1 aromatic carbocycles. The Morgan fingerprint density at radius 2 is 2.35 bits per heavy atom. The predicted octanol–water partition coefficient (Wildman–Crippen LogP) is 2.60. The van der Waals surface area contributed by atoms with Crippen molar-refractivity contribution in [2.75, 3.05) is 13.1 Å². The number of nitrogens with zero attached hydrogens (tertiary/aromatic N) is 1. The fraction of sp³-hybridized carbons (Fsp3) is 0.500. The van der Waals surface area contributed by atoms with E-state index in [2.05, 4.69) is 36.3 Å². The minimum Gasteiger partial charge on any atom is -0.491 e. The first kappa shape index (κ1) is 12.0. The van der Waals surface area contributed by atoms with Gasteiger partial charge in [-0.1, -0.05) is 19.1 Å². The number of hydrogen-bond acceptors (Lipinski definition) is 3. The highest BCUT2D eigenvalue weighted by Crippen LogP contribution is 2.16. The van der Waals surface area contributed by atoms with E-state index in [1.807, 2.05) is 12.1 Å². The maximum absolute atomic E-state index is 5.81. The van der Waals surface area contributed by atoms with Crippen molar-refractivity contribution in [3.8, 4) is 5.75 Å². The van der Waals surface area contributed by atoms with Crippen LogP contribution in [0.1, 0.15) is 32.3 Å². The molecule has 0 bridgehead atoms. The van der Waals surface area contributed by atoms with E-state index in [-0.39, 0.29) is 6.10 Å². The molecule has 1 heterocycles. The van der Waals surface area contributed by atoms with Crippen LogP contribution in [0.4, 0.5) is 0 Å². The highest BCUT2D eigenvalue weighted by molar-refractivity contribution is 5.99. The van der Waals surface area contributed by atoms with Crippen molar-refractivity contribution in [3.63, 3.8) is 0 Å². The summed E-state index contributed by atoms with van der Waals surface area (Å²) in [6.07, 6.45) is 2.39. The first-order valence-corrected chi connectivity index (χ1v) is 6.35. The number of nitrogens with one attached hydrogen (secondary N) is 1. The predicted molar refractivity (Wildman–Crippen MR) is 70.8 cm³/mol. The van der Waals surface area contributed by atoms with Gasteiger partial charge in [0.1, 0.15) is 11.6 Å². The molecule has 1 aliphatic heterocycles. The summed E-state index contributed by atoms with van der Waals surface area (Å²) in [4.78, 5) is 4.49. The summed E-state index contributed by atoms with van der Waals surface area (Å²) in [5.41, 5.74) is 1.12. The Hall–Kier alpha value is -1.51. The molecule has 1 unspecified atom stereocenters. The SMILES string of the molecule is CCC(C)Oc1cccc(C2=NCCCN2)c1. The summed E-state index contributed by atoms with van der Waals surface area (Å²) in [5.74, 6) is 1.91. The van der Waals surface area contributed by atoms with Gasteiger partial charge in [0.05, 0.1) is 6.10 Å². The molecule has 0 amide bonds. The third-order valence-corrected chi connectivity index (χ3v) is 2.92. The van der Waals surface area contributed by atoms with Crippen molar-refractivity contribution < 1.29 is 4.74 Å². The standard InChI is InChI=1S/C14H20N2O/c1-3-11(2)17-13-7-4-6-12(10-13)14-15-8-5-9-16-14/h4,6-7,10-11H,3,5,8-9H2,1-2H3,(H,15,16). The van der Waals surface area contributed by atoms with Crippen LogP contribution >= 0.6 is 0 Å². The van der Waals surface area contributed by atoms with Crippen LogP contribution < -0.4 is 10.1 Å². The van der Waals surface area contributed by atoms with Gasteiger partial charge in [-0.25, -0.2) is 0 Å². The maximum Gasteiger partial charge on any atom is 0.128 e. The van der Waals surface area contributed by atoms with E-state index in [1.54, 1.807) is 0 Å². The number of benzene rings is 1. The molecule has 0 fully saturated rings. The molecule has 0 spiro atoms. The van der Waals surface area contributed by atoms with Gasteiger partial charge in [-0.15, -0.1) is 0 Å². The molecule has 1 aliphatic rings. The average molecular weight is 232 g/mol. The topological polar surface area (TPSA) is 33.6 Å². The summed E-state index contributed by atoms with van der Waals surface area (Å²) in [5, 5.41) is 3.32. The number of amidine groups is 1. The summed E-state index contributed by atoms with van der Waals surface area (Å²) in [6, 6.07) is 8.15. The van der Waals surface area contributed by atoms with Crippen molar-refractivity contribution in [3.05, 3.63) is 29.8 Å². The monoisotopic (exact) mass is 232 g/mol. The smallest absolute Gasteiger partial charge is 0.128 e. The number of rotatable bonds is 4. The Bertz CT molecular complexity index is 401. The fourth-order valence-electron chi connectivity index (χ4n) is 1.76. The van der Waals surface area contributed by atoms with Crippen LogP contribution in [0.3, 0.4) is 0 Å². The van der Waals surface area contributed by atoms with E-state index in [9.17, 15) is 0 Å². The number of hydrogen-bond donors (Lipinski definition) is 1. The highest BCUT2D eigenvalue weighted by Gasteiger charge is 2.08. The minimum absolute atomic E-state index is 0.256. The second-order valence-electron chi connectivity index (χ2n) is 4.38.